The Morgan fingerprint density at radius 2 is 1.67 bits per heavy atom. The minimum Gasteiger partial charge on any atom is -0.480 e. The van der Waals surface area contributed by atoms with Crippen molar-refractivity contribution in [1.29, 1.82) is 0 Å². The third-order valence-electron chi connectivity index (χ3n) is 4.34. The van der Waals surface area contributed by atoms with Crippen LogP contribution >= 0.6 is 0 Å². The van der Waals surface area contributed by atoms with E-state index in [1.807, 2.05) is 24.3 Å². The number of hydrogen-bond donors (Lipinski definition) is 1. The van der Waals surface area contributed by atoms with Crippen LogP contribution < -0.4 is 0 Å². The fraction of sp³-hybridized carbons (Fsp3) is 0.353. The highest BCUT2D eigenvalue weighted by atomic mass is 16.4. The maximum absolute atomic E-state index is 12.9. The smallest absolute Gasteiger partial charge is 0.323 e. The minimum atomic E-state index is -0.994. The highest BCUT2D eigenvalue weighted by molar-refractivity contribution is 5.99. The Morgan fingerprint density at radius 1 is 1.04 bits per heavy atom. The van der Waals surface area contributed by atoms with Crippen LogP contribution in [-0.4, -0.2) is 63.4 Å². The molecule has 1 fully saturated rings. The first-order valence-electron chi connectivity index (χ1n) is 7.82. The van der Waals surface area contributed by atoms with Crippen LogP contribution in [0, 0.1) is 0 Å². The highest BCUT2D eigenvalue weighted by Gasteiger charge is 2.26. The van der Waals surface area contributed by atoms with E-state index in [1.54, 1.807) is 15.9 Å². The van der Waals surface area contributed by atoms with Gasteiger partial charge in [0.2, 0.25) is 5.91 Å². The third-order valence-corrected chi connectivity index (χ3v) is 4.34. The van der Waals surface area contributed by atoms with Gasteiger partial charge in [-0.15, -0.1) is 0 Å². The summed E-state index contributed by atoms with van der Waals surface area (Å²) in [6, 6.07) is 9.08. The second-order valence-corrected chi connectivity index (χ2v) is 5.87. The second kappa shape index (κ2) is 6.35. The number of carboxylic acid groups (broad SMARTS) is 1. The molecule has 126 valence electrons. The zero-order chi connectivity index (χ0) is 17.3. The summed E-state index contributed by atoms with van der Waals surface area (Å²) in [5, 5.41) is 10.0. The quantitative estimate of drug-likeness (QED) is 0.912. The number of amides is 2. The first kappa shape index (κ1) is 16.0. The number of carboxylic acids is 1. The third kappa shape index (κ3) is 2.97. The summed E-state index contributed by atoms with van der Waals surface area (Å²) in [5.74, 6) is -1.19. The van der Waals surface area contributed by atoms with Crippen LogP contribution in [0.5, 0.6) is 0 Å². The van der Waals surface area contributed by atoms with Gasteiger partial charge in [0.25, 0.3) is 5.91 Å². The summed E-state index contributed by atoms with van der Waals surface area (Å²) in [5.41, 5.74) is 1.10. The van der Waals surface area contributed by atoms with Crippen LogP contribution in [0.4, 0.5) is 0 Å². The molecule has 2 aromatic rings. The lowest BCUT2D eigenvalue weighted by Crippen LogP contribution is -2.50. The second-order valence-electron chi connectivity index (χ2n) is 5.87. The van der Waals surface area contributed by atoms with Gasteiger partial charge in [0.05, 0.1) is 0 Å². The highest BCUT2D eigenvalue weighted by Crippen LogP contribution is 2.21. The molecule has 0 unspecified atom stereocenters. The van der Waals surface area contributed by atoms with E-state index >= 15 is 0 Å². The molecule has 7 heteroatoms. The van der Waals surface area contributed by atoms with Crippen LogP contribution in [0.15, 0.2) is 30.3 Å². The first-order chi connectivity index (χ1) is 11.5. The number of carbonyl (C=O) groups is 3. The molecule has 0 spiro atoms. The number of nitrogens with zero attached hydrogens (tertiary/aromatic N) is 3. The molecule has 0 aliphatic carbocycles. The number of aliphatic carboxylic acids is 1. The standard InChI is InChI=1S/C17H19N3O4/c1-12(21)18-6-8-19(9-7-18)17(24)15-10-13-4-2-3-5-14(13)20(15)11-16(22)23/h2-5,10H,6-9,11H2,1H3,(H,22,23). The molecule has 1 aliphatic rings. The van der Waals surface area contributed by atoms with Gasteiger partial charge >= 0.3 is 5.97 Å². The van der Waals surface area contributed by atoms with Gasteiger partial charge in [-0.25, -0.2) is 0 Å². The van der Waals surface area contributed by atoms with Gasteiger partial charge < -0.3 is 19.5 Å². The average molecular weight is 329 g/mol. The Morgan fingerprint density at radius 3 is 2.29 bits per heavy atom. The number of para-hydroxylation sites is 1. The van der Waals surface area contributed by atoms with E-state index in [-0.39, 0.29) is 18.4 Å². The summed E-state index contributed by atoms with van der Waals surface area (Å²) in [6.07, 6.45) is 0. The van der Waals surface area contributed by atoms with Gasteiger partial charge in [-0.05, 0) is 12.1 Å². The molecule has 1 aromatic heterocycles. The van der Waals surface area contributed by atoms with Gasteiger partial charge in [-0.2, -0.15) is 0 Å². The van der Waals surface area contributed by atoms with Gasteiger partial charge in [0, 0.05) is 44.0 Å². The molecule has 1 N–H and O–H groups in total. The van der Waals surface area contributed by atoms with Gasteiger partial charge in [0.15, 0.2) is 0 Å². The number of benzene rings is 1. The Labute approximate surface area is 139 Å². The Bertz CT molecular complexity index is 803. The lowest BCUT2D eigenvalue weighted by molar-refractivity contribution is -0.137. The number of fused-ring (bicyclic) bond motifs is 1. The van der Waals surface area contributed by atoms with Crippen molar-refractivity contribution >= 4 is 28.7 Å². The number of aromatic nitrogens is 1. The van der Waals surface area contributed by atoms with Gasteiger partial charge in [0.1, 0.15) is 12.2 Å². The Kier molecular flexibility index (Phi) is 4.24. The van der Waals surface area contributed by atoms with Crippen molar-refractivity contribution in [3.8, 4) is 0 Å². The van der Waals surface area contributed by atoms with E-state index in [9.17, 15) is 14.4 Å². The molecule has 24 heavy (non-hydrogen) atoms. The van der Waals surface area contributed by atoms with Crippen molar-refractivity contribution in [2.45, 2.75) is 13.5 Å². The van der Waals surface area contributed by atoms with Crippen molar-refractivity contribution in [1.82, 2.24) is 14.4 Å². The molecule has 0 bridgehead atoms. The normalized spacial score (nSPS) is 14.9. The molecule has 1 aliphatic heterocycles. The van der Waals surface area contributed by atoms with E-state index in [2.05, 4.69) is 0 Å². The molecule has 1 aromatic carbocycles. The predicted octanol–water partition coefficient (Wildman–Crippen LogP) is 1.03. The largest absolute Gasteiger partial charge is 0.480 e. The summed E-state index contributed by atoms with van der Waals surface area (Å²) in [6.45, 7) is 3.16. The number of piperazine rings is 1. The number of carbonyl (C=O) groups excluding carboxylic acids is 2. The molecular weight excluding hydrogens is 310 g/mol. The lowest BCUT2D eigenvalue weighted by atomic mass is 10.2. The van der Waals surface area contributed by atoms with Crippen molar-refractivity contribution in [3.63, 3.8) is 0 Å². The molecular formula is C17H19N3O4. The van der Waals surface area contributed by atoms with Gasteiger partial charge in [-0.1, -0.05) is 18.2 Å². The van der Waals surface area contributed by atoms with E-state index in [4.69, 9.17) is 5.11 Å². The van der Waals surface area contributed by atoms with Crippen molar-refractivity contribution in [2.75, 3.05) is 26.2 Å². The molecule has 0 radical (unpaired) electrons. The van der Waals surface area contributed by atoms with Crippen molar-refractivity contribution < 1.29 is 19.5 Å². The zero-order valence-electron chi connectivity index (χ0n) is 13.4. The maximum Gasteiger partial charge on any atom is 0.323 e. The van der Waals surface area contributed by atoms with Crippen LogP contribution in [0.1, 0.15) is 17.4 Å². The molecule has 2 amide bonds. The summed E-state index contributed by atoms with van der Waals surface area (Å²) < 4.78 is 1.54. The lowest BCUT2D eigenvalue weighted by Gasteiger charge is -2.34. The number of rotatable bonds is 3. The summed E-state index contributed by atoms with van der Waals surface area (Å²) >= 11 is 0. The van der Waals surface area contributed by atoms with Crippen LogP contribution in [0.25, 0.3) is 10.9 Å². The van der Waals surface area contributed by atoms with E-state index < -0.39 is 5.97 Å². The first-order valence-corrected chi connectivity index (χ1v) is 7.82. The van der Waals surface area contributed by atoms with Gasteiger partial charge in [-0.3, -0.25) is 14.4 Å². The van der Waals surface area contributed by atoms with Crippen molar-refractivity contribution in [2.24, 2.45) is 0 Å². The molecule has 0 saturated carbocycles. The minimum absolute atomic E-state index is 0.00193. The zero-order valence-corrected chi connectivity index (χ0v) is 13.4. The SMILES string of the molecule is CC(=O)N1CCN(C(=O)c2cc3ccccc3n2CC(=O)O)CC1. The molecule has 2 heterocycles. The molecule has 0 atom stereocenters. The molecule has 1 saturated heterocycles. The topological polar surface area (TPSA) is 82.9 Å². The van der Waals surface area contributed by atoms with Crippen LogP contribution in [-0.2, 0) is 16.1 Å². The van der Waals surface area contributed by atoms with Crippen LogP contribution in [0.2, 0.25) is 0 Å². The monoisotopic (exact) mass is 329 g/mol. The van der Waals surface area contributed by atoms with E-state index in [0.29, 0.717) is 31.9 Å². The van der Waals surface area contributed by atoms with E-state index in [1.165, 1.54) is 11.5 Å². The summed E-state index contributed by atoms with van der Waals surface area (Å²) in [7, 11) is 0. The predicted molar refractivity (Wildman–Crippen MR) is 87.7 cm³/mol. The fourth-order valence-electron chi connectivity index (χ4n) is 3.08. The Balaban J connectivity index is 1.89. The maximum atomic E-state index is 12.9. The van der Waals surface area contributed by atoms with E-state index in [0.717, 1.165) is 10.9 Å². The molecule has 7 nitrogen and oxygen atoms in total. The number of hydrogen-bond acceptors (Lipinski definition) is 3. The fourth-order valence-corrected chi connectivity index (χ4v) is 3.08. The summed E-state index contributed by atoms with van der Waals surface area (Å²) in [4.78, 5) is 38.8. The van der Waals surface area contributed by atoms with Crippen LogP contribution in [0.3, 0.4) is 0 Å². The van der Waals surface area contributed by atoms with Crippen molar-refractivity contribution in [3.05, 3.63) is 36.0 Å². The average Bonchev–Trinajstić information content (AvgIpc) is 2.92. The molecule has 3 rings (SSSR count). The Hall–Kier alpha value is -2.83.